The summed E-state index contributed by atoms with van der Waals surface area (Å²) in [5, 5.41) is 10.6. The molecule has 4 fully saturated rings. The Morgan fingerprint density at radius 1 is 1.11 bits per heavy atom. The summed E-state index contributed by atoms with van der Waals surface area (Å²) < 4.78 is 35.2. The van der Waals surface area contributed by atoms with Gasteiger partial charge >= 0.3 is 10.4 Å². The van der Waals surface area contributed by atoms with Crippen molar-refractivity contribution in [2.75, 3.05) is 0 Å². The minimum Gasteiger partial charge on any atom is -0.393 e. The van der Waals surface area contributed by atoms with Crippen molar-refractivity contribution in [2.45, 2.75) is 105 Å². The molecule has 1 spiro atoms. The number of aliphatic hydroxyl groups excluding tert-OH is 1. The van der Waals surface area contributed by atoms with Crippen LogP contribution in [0.5, 0.6) is 0 Å². The molecule has 0 aromatic carbocycles. The van der Waals surface area contributed by atoms with Crippen LogP contribution in [0, 0.1) is 52.3 Å². The lowest BCUT2D eigenvalue weighted by molar-refractivity contribution is -0.295. The fourth-order valence-corrected chi connectivity index (χ4v) is 10.6. The van der Waals surface area contributed by atoms with E-state index in [4.69, 9.17) is 8.37 Å². The molecule has 1 saturated heterocycles. The quantitative estimate of drug-likeness (QED) is 0.437. The van der Waals surface area contributed by atoms with E-state index in [0.29, 0.717) is 53.3 Å². The van der Waals surface area contributed by atoms with Gasteiger partial charge in [-0.15, -0.1) is 0 Å². The molecular weight excluding hydrogens is 460 g/mol. The number of fused-ring (bicyclic) bond motifs is 6. The Morgan fingerprint density at radius 2 is 1.83 bits per heavy atom. The average Bonchev–Trinajstić information content (AvgIpc) is 3.11. The number of allylic oxidation sites excluding steroid dienone is 3. The van der Waals surface area contributed by atoms with E-state index in [-0.39, 0.29) is 6.42 Å². The fraction of sp³-hybridized carbons (Fsp3) is 0.862. The van der Waals surface area contributed by atoms with Crippen LogP contribution < -0.4 is 0 Å². The smallest absolute Gasteiger partial charge is 0.393 e. The molecule has 9 atom stereocenters. The highest BCUT2D eigenvalue weighted by molar-refractivity contribution is 7.82. The molecule has 0 aromatic rings. The zero-order chi connectivity index (χ0) is 25.4. The van der Waals surface area contributed by atoms with Crippen LogP contribution in [0.25, 0.3) is 0 Å². The number of aliphatic hydroxyl groups is 1. The van der Waals surface area contributed by atoms with Crippen molar-refractivity contribution in [2.24, 2.45) is 52.3 Å². The third-order valence-corrected chi connectivity index (χ3v) is 12.4. The Bertz CT molecular complexity index is 987. The van der Waals surface area contributed by atoms with Crippen molar-refractivity contribution in [1.82, 2.24) is 0 Å². The molecule has 4 aliphatic carbocycles. The predicted octanol–water partition coefficient (Wildman–Crippen LogP) is 6.40. The van der Waals surface area contributed by atoms with Crippen molar-refractivity contribution in [1.29, 1.82) is 0 Å². The van der Waals surface area contributed by atoms with Crippen molar-refractivity contribution >= 4 is 10.4 Å². The van der Waals surface area contributed by atoms with Crippen LogP contribution in [-0.2, 0) is 18.8 Å². The standard InChI is InChI=1S/C29H46O5S/c1-7-20(18(2)3)9-8-19(4)24-12-13-25-23-11-10-21-16-22(30)17-29(33-35(31,32)34-29)28(21,6)26(23)14-15-27(24,25)5/h8-10,18-20,22-26,30H,7,11-17H2,1-6H3/b9-8+/t19-,20+,22+,23+,24-,25+,26+,27-,28+/m1/s1. The molecule has 6 heteroatoms. The second kappa shape index (κ2) is 8.68. The summed E-state index contributed by atoms with van der Waals surface area (Å²) in [4.78, 5) is 0. The number of rotatable bonds is 5. The van der Waals surface area contributed by atoms with E-state index >= 15 is 0 Å². The Labute approximate surface area is 213 Å². The maximum absolute atomic E-state index is 12.0. The van der Waals surface area contributed by atoms with Gasteiger partial charge in [0.15, 0.2) is 0 Å². The molecule has 0 radical (unpaired) electrons. The summed E-state index contributed by atoms with van der Waals surface area (Å²) in [5.41, 5.74) is 0.943. The molecule has 5 rings (SSSR count). The second-order valence-corrected chi connectivity index (χ2v) is 14.4. The lowest BCUT2D eigenvalue weighted by Crippen LogP contribution is -2.69. The Balaban J connectivity index is 1.41. The van der Waals surface area contributed by atoms with E-state index in [2.05, 4.69) is 59.8 Å². The predicted molar refractivity (Wildman–Crippen MR) is 137 cm³/mol. The Kier molecular flexibility index (Phi) is 6.43. The van der Waals surface area contributed by atoms with Crippen LogP contribution in [0.15, 0.2) is 23.8 Å². The molecule has 3 saturated carbocycles. The summed E-state index contributed by atoms with van der Waals surface area (Å²) >= 11 is 0. The summed E-state index contributed by atoms with van der Waals surface area (Å²) in [5.74, 6) is 2.79. The first-order chi connectivity index (χ1) is 16.4. The molecule has 0 aromatic heterocycles. The highest BCUT2D eigenvalue weighted by Gasteiger charge is 2.72. The first-order valence-electron chi connectivity index (χ1n) is 14.1. The molecule has 0 amide bonds. The lowest BCUT2D eigenvalue weighted by atomic mass is 9.45. The average molecular weight is 507 g/mol. The molecule has 1 N–H and O–H groups in total. The van der Waals surface area contributed by atoms with E-state index in [9.17, 15) is 13.5 Å². The molecular formula is C29H46O5S. The normalized spacial score (nSPS) is 45.4. The fourth-order valence-electron chi connectivity index (χ4n) is 9.50. The topological polar surface area (TPSA) is 72.8 Å². The van der Waals surface area contributed by atoms with E-state index in [1.807, 2.05) is 0 Å². The molecule has 0 bridgehead atoms. The van der Waals surface area contributed by atoms with Crippen molar-refractivity contribution < 1.29 is 21.9 Å². The van der Waals surface area contributed by atoms with Gasteiger partial charge in [-0.05, 0) is 91.8 Å². The van der Waals surface area contributed by atoms with Crippen LogP contribution in [0.1, 0.15) is 92.9 Å². The molecule has 35 heavy (non-hydrogen) atoms. The summed E-state index contributed by atoms with van der Waals surface area (Å²) in [6, 6.07) is 0. The largest absolute Gasteiger partial charge is 0.405 e. The number of hydrogen-bond acceptors (Lipinski definition) is 5. The van der Waals surface area contributed by atoms with Gasteiger partial charge in [0.2, 0.25) is 5.79 Å². The zero-order valence-corrected chi connectivity index (χ0v) is 23.3. The Morgan fingerprint density at radius 3 is 2.46 bits per heavy atom. The van der Waals surface area contributed by atoms with Crippen LogP contribution in [0.3, 0.4) is 0 Å². The van der Waals surface area contributed by atoms with E-state index in [1.54, 1.807) is 0 Å². The van der Waals surface area contributed by atoms with Gasteiger partial charge in [0.05, 0.1) is 6.10 Å². The molecule has 5 nitrogen and oxygen atoms in total. The van der Waals surface area contributed by atoms with Gasteiger partial charge in [0.1, 0.15) is 0 Å². The summed E-state index contributed by atoms with van der Waals surface area (Å²) in [6.07, 6.45) is 14.4. The maximum Gasteiger partial charge on any atom is 0.405 e. The molecule has 1 aliphatic heterocycles. The summed E-state index contributed by atoms with van der Waals surface area (Å²) in [6.45, 7) is 14.1. The van der Waals surface area contributed by atoms with Gasteiger partial charge in [-0.2, -0.15) is 8.42 Å². The first-order valence-corrected chi connectivity index (χ1v) is 15.4. The maximum atomic E-state index is 12.0. The van der Waals surface area contributed by atoms with E-state index in [1.165, 1.54) is 19.3 Å². The highest BCUT2D eigenvalue weighted by Crippen LogP contribution is 2.70. The molecule has 198 valence electrons. The molecule has 1 heterocycles. The van der Waals surface area contributed by atoms with Crippen LogP contribution in [-0.4, -0.2) is 25.4 Å². The Hall–Kier alpha value is -0.690. The SMILES string of the molecule is CC[C@@H](/C=C/[C@@H](C)[C@H]1CC[C@H]2[C@@H]3CC=C4C[C@H](O)CC5(OS(=O)(=O)O5)[C@]4(C)[C@H]3CC[C@]12C)C(C)C. The van der Waals surface area contributed by atoms with Gasteiger partial charge < -0.3 is 5.11 Å². The number of hydrogen-bond donors (Lipinski definition) is 1. The van der Waals surface area contributed by atoms with Gasteiger partial charge in [-0.25, -0.2) is 8.37 Å². The van der Waals surface area contributed by atoms with Gasteiger partial charge in [0, 0.05) is 11.8 Å². The van der Waals surface area contributed by atoms with Crippen LogP contribution in [0.4, 0.5) is 0 Å². The second-order valence-electron chi connectivity index (χ2n) is 13.2. The van der Waals surface area contributed by atoms with Gasteiger partial charge in [-0.1, -0.05) is 65.3 Å². The molecule has 5 aliphatic rings. The van der Waals surface area contributed by atoms with Crippen LogP contribution in [0.2, 0.25) is 0 Å². The van der Waals surface area contributed by atoms with Gasteiger partial charge in [0.25, 0.3) is 0 Å². The van der Waals surface area contributed by atoms with E-state index in [0.717, 1.165) is 24.8 Å². The van der Waals surface area contributed by atoms with Crippen LogP contribution >= 0.6 is 0 Å². The lowest BCUT2D eigenvalue weighted by Gasteiger charge is -2.64. The monoisotopic (exact) mass is 506 g/mol. The van der Waals surface area contributed by atoms with Crippen molar-refractivity contribution in [3.8, 4) is 0 Å². The summed E-state index contributed by atoms with van der Waals surface area (Å²) in [7, 11) is -3.96. The first kappa shape index (κ1) is 25.9. The highest BCUT2D eigenvalue weighted by atomic mass is 32.3. The van der Waals surface area contributed by atoms with Crippen molar-refractivity contribution in [3.05, 3.63) is 23.8 Å². The van der Waals surface area contributed by atoms with Gasteiger partial charge in [-0.3, -0.25) is 0 Å². The van der Waals surface area contributed by atoms with Crippen molar-refractivity contribution in [3.63, 3.8) is 0 Å². The minimum absolute atomic E-state index is 0.226. The molecule has 0 unspecified atom stereocenters. The zero-order valence-electron chi connectivity index (χ0n) is 22.5. The minimum atomic E-state index is -3.96. The third kappa shape index (κ3) is 3.83. The van der Waals surface area contributed by atoms with E-state index < -0.39 is 27.7 Å². The third-order valence-electron chi connectivity index (χ3n) is 11.4.